The van der Waals surface area contributed by atoms with Crippen LogP contribution in [0.1, 0.15) is 24.5 Å². The van der Waals surface area contributed by atoms with Crippen LogP contribution in [0.5, 0.6) is 0 Å². The molecule has 23 heavy (non-hydrogen) atoms. The van der Waals surface area contributed by atoms with Crippen LogP contribution in [0.4, 0.5) is 0 Å². The molecule has 0 aliphatic carbocycles. The number of benzene rings is 2. The van der Waals surface area contributed by atoms with Crippen LogP contribution in [0.15, 0.2) is 47.6 Å². The number of amides is 1. The molecule has 0 unspecified atom stereocenters. The minimum Gasteiger partial charge on any atom is -0.273 e. The summed E-state index contributed by atoms with van der Waals surface area (Å²) in [4.78, 5) is 12.0. The first-order chi connectivity index (χ1) is 11.0. The molecule has 0 fully saturated rings. The molecule has 2 aromatic carbocycles. The average molecular weight is 370 g/mol. The Hall–Kier alpha value is -1.55. The van der Waals surface area contributed by atoms with Crippen LogP contribution >= 0.6 is 34.8 Å². The van der Waals surface area contributed by atoms with Gasteiger partial charge in [-0.25, -0.2) is 5.43 Å². The summed E-state index contributed by atoms with van der Waals surface area (Å²) >= 11 is 17.7. The van der Waals surface area contributed by atoms with Crippen molar-refractivity contribution in [2.24, 2.45) is 5.10 Å². The maximum atomic E-state index is 12.0. The van der Waals surface area contributed by atoms with E-state index in [9.17, 15) is 4.79 Å². The molecule has 0 aliphatic heterocycles. The van der Waals surface area contributed by atoms with Gasteiger partial charge in [-0.3, -0.25) is 4.79 Å². The van der Waals surface area contributed by atoms with E-state index in [0.717, 1.165) is 16.8 Å². The van der Waals surface area contributed by atoms with Crippen molar-refractivity contribution in [3.63, 3.8) is 0 Å². The van der Waals surface area contributed by atoms with Crippen LogP contribution in [-0.4, -0.2) is 11.6 Å². The third-order valence-corrected chi connectivity index (χ3v) is 4.17. The number of nitrogens with zero attached hydrogens (tertiary/aromatic N) is 1. The lowest BCUT2D eigenvalue weighted by Gasteiger charge is -2.06. The zero-order valence-corrected chi connectivity index (χ0v) is 14.7. The number of rotatable bonds is 5. The van der Waals surface area contributed by atoms with Gasteiger partial charge in [-0.1, -0.05) is 59.9 Å². The molecule has 2 rings (SSSR count). The number of nitrogens with one attached hydrogen (secondary N) is 1. The van der Waals surface area contributed by atoms with Gasteiger partial charge < -0.3 is 0 Å². The molecule has 1 N–H and O–H groups in total. The molecule has 120 valence electrons. The Labute approximate surface area is 150 Å². The Morgan fingerprint density at radius 1 is 1.04 bits per heavy atom. The Kier molecular flexibility index (Phi) is 6.46. The van der Waals surface area contributed by atoms with Crippen molar-refractivity contribution >= 4 is 46.4 Å². The summed E-state index contributed by atoms with van der Waals surface area (Å²) in [5, 5.41) is 5.74. The highest BCUT2D eigenvalue weighted by Gasteiger charge is 2.07. The van der Waals surface area contributed by atoms with Crippen LogP contribution in [0.25, 0.3) is 0 Å². The van der Waals surface area contributed by atoms with E-state index in [1.54, 1.807) is 30.3 Å². The number of carbonyl (C=O) groups excluding carboxylic acids is 1. The first-order valence-electron chi connectivity index (χ1n) is 7.05. The number of hydrogen-bond acceptors (Lipinski definition) is 2. The fraction of sp³-hybridized carbons (Fsp3) is 0.176. The van der Waals surface area contributed by atoms with E-state index in [-0.39, 0.29) is 12.3 Å². The summed E-state index contributed by atoms with van der Waals surface area (Å²) in [6.07, 6.45) is 0.868. The second-order valence-corrected chi connectivity index (χ2v) is 6.13. The molecule has 0 saturated carbocycles. The van der Waals surface area contributed by atoms with Crippen molar-refractivity contribution < 1.29 is 4.79 Å². The molecule has 0 bridgehead atoms. The Morgan fingerprint density at radius 3 is 2.35 bits per heavy atom. The van der Waals surface area contributed by atoms with Crippen LogP contribution in [0.3, 0.4) is 0 Å². The van der Waals surface area contributed by atoms with Gasteiger partial charge in [0, 0.05) is 5.02 Å². The average Bonchev–Trinajstić information content (AvgIpc) is 2.53. The van der Waals surface area contributed by atoms with Gasteiger partial charge in [0.1, 0.15) is 0 Å². The minimum atomic E-state index is -0.219. The van der Waals surface area contributed by atoms with Gasteiger partial charge in [0.25, 0.3) is 0 Å². The summed E-state index contributed by atoms with van der Waals surface area (Å²) in [5.41, 5.74) is 5.05. The van der Waals surface area contributed by atoms with Crippen LogP contribution < -0.4 is 5.43 Å². The van der Waals surface area contributed by atoms with E-state index in [0.29, 0.717) is 21.5 Å². The van der Waals surface area contributed by atoms with Crippen molar-refractivity contribution in [3.05, 3.63) is 68.7 Å². The summed E-state index contributed by atoms with van der Waals surface area (Å²) in [6.45, 7) is 1.97. The molecule has 0 spiro atoms. The Morgan fingerprint density at radius 2 is 1.74 bits per heavy atom. The highest BCUT2D eigenvalue weighted by atomic mass is 35.5. The van der Waals surface area contributed by atoms with Gasteiger partial charge >= 0.3 is 0 Å². The SMILES string of the molecule is CCC(=NNC(=O)Cc1ccc(Cl)c(Cl)c1)c1ccc(Cl)cc1. The predicted octanol–water partition coefficient (Wildman–Crippen LogP) is 5.12. The molecule has 2 aromatic rings. The smallest absolute Gasteiger partial charge is 0.244 e. The van der Waals surface area contributed by atoms with Gasteiger partial charge in [-0.15, -0.1) is 0 Å². The molecule has 1 amide bonds. The molecule has 0 heterocycles. The molecule has 0 atom stereocenters. The third-order valence-electron chi connectivity index (χ3n) is 3.18. The van der Waals surface area contributed by atoms with Crippen molar-refractivity contribution in [1.82, 2.24) is 5.43 Å². The Bertz CT molecular complexity index is 727. The third kappa shape index (κ3) is 5.24. The van der Waals surface area contributed by atoms with Gasteiger partial charge in [-0.05, 0) is 41.8 Å². The maximum absolute atomic E-state index is 12.0. The second kappa shape index (κ2) is 8.34. The molecular weight excluding hydrogens is 355 g/mol. The fourth-order valence-electron chi connectivity index (χ4n) is 1.99. The van der Waals surface area contributed by atoms with Crippen LogP contribution in [-0.2, 0) is 11.2 Å². The van der Waals surface area contributed by atoms with Gasteiger partial charge in [0.05, 0.1) is 22.2 Å². The summed E-state index contributed by atoms with van der Waals surface area (Å²) in [7, 11) is 0. The zero-order valence-electron chi connectivity index (χ0n) is 12.4. The topological polar surface area (TPSA) is 41.5 Å². The lowest BCUT2D eigenvalue weighted by Crippen LogP contribution is -2.21. The lowest BCUT2D eigenvalue weighted by molar-refractivity contribution is -0.120. The van der Waals surface area contributed by atoms with E-state index in [2.05, 4.69) is 10.5 Å². The second-order valence-electron chi connectivity index (χ2n) is 4.88. The number of hydrazone groups is 1. The molecule has 0 radical (unpaired) electrons. The highest BCUT2D eigenvalue weighted by molar-refractivity contribution is 6.42. The summed E-state index contributed by atoms with van der Waals surface area (Å²) in [6, 6.07) is 12.4. The van der Waals surface area contributed by atoms with Gasteiger partial charge in [0.2, 0.25) is 5.91 Å². The van der Waals surface area contributed by atoms with E-state index in [1.807, 2.05) is 19.1 Å². The van der Waals surface area contributed by atoms with Crippen molar-refractivity contribution in [1.29, 1.82) is 0 Å². The molecule has 0 aromatic heterocycles. The fourth-order valence-corrected chi connectivity index (χ4v) is 2.44. The highest BCUT2D eigenvalue weighted by Crippen LogP contribution is 2.22. The monoisotopic (exact) mass is 368 g/mol. The molecule has 0 aliphatic rings. The van der Waals surface area contributed by atoms with E-state index < -0.39 is 0 Å². The normalized spacial score (nSPS) is 11.4. The number of halogens is 3. The number of carbonyl (C=O) groups is 1. The predicted molar refractivity (Wildman–Crippen MR) is 96.6 cm³/mol. The van der Waals surface area contributed by atoms with Crippen molar-refractivity contribution in [2.45, 2.75) is 19.8 Å². The number of hydrogen-bond donors (Lipinski definition) is 1. The summed E-state index contributed by atoms with van der Waals surface area (Å²) < 4.78 is 0. The van der Waals surface area contributed by atoms with Crippen LogP contribution in [0.2, 0.25) is 15.1 Å². The first-order valence-corrected chi connectivity index (χ1v) is 8.18. The zero-order chi connectivity index (χ0) is 16.8. The van der Waals surface area contributed by atoms with Crippen LogP contribution in [0, 0.1) is 0 Å². The molecule has 0 saturated heterocycles. The quantitative estimate of drug-likeness (QED) is 0.577. The standard InChI is InChI=1S/C17H15Cl3N2O/c1-2-16(12-4-6-13(18)7-5-12)21-22-17(23)10-11-3-8-14(19)15(20)9-11/h3-9H,2,10H2,1H3,(H,22,23). The van der Waals surface area contributed by atoms with Crippen molar-refractivity contribution in [2.75, 3.05) is 0 Å². The first kappa shape index (κ1) is 17.8. The van der Waals surface area contributed by atoms with E-state index in [4.69, 9.17) is 34.8 Å². The largest absolute Gasteiger partial charge is 0.273 e. The van der Waals surface area contributed by atoms with E-state index in [1.165, 1.54) is 0 Å². The maximum Gasteiger partial charge on any atom is 0.244 e. The molecule has 3 nitrogen and oxygen atoms in total. The molecule has 6 heteroatoms. The van der Waals surface area contributed by atoms with Crippen molar-refractivity contribution in [3.8, 4) is 0 Å². The lowest BCUT2D eigenvalue weighted by atomic mass is 10.1. The Balaban J connectivity index is 2.03. The van der Waals surface area contributed by atoms with Gasteiger partial charge in [-0.2, -0.15) is 5.10 Å². The summed E-state index contributed by atoms with van der Waals surface area (Å²) in [5.74, 6) is -0.219. The minimum absolute atomic E-state index is 0.179. The van der Waals surface area contributed by atoms with Gasteiger partial charge in [0.15, 0.2) is 0 Å². The molecular formula is C17H15Cl3N2O. The van der Waals surface area contributed by atoms with E-state index >= 15 is 0 Å².